The van der Waals surface area contributed by atoms with Crippen molar-refractivity contribution in [3.63, 3.8) is 0 Å². The van der Waals surface area contributed by atoms with Crippen LogP contribution >= 0.6 is 0 Å². The average molecular weight is 470 g/mol. The number of amides is 1. The Labute approximate surface area is 195 Å². The minimum Gasteiger partial charge on any atom is -0.320 e. The number of carbonyl (C=O) groups excluding carboxylic acids is 1. The predicted octanol–water partition coefficient (Wildman–Crippen LogP) is 4.43. The second-order valence-corrected chi connectivity index (χ2v) is 9.50. The van der Waals surface area contributed by atoms with Crippen LogP contribution in [0.4, 0.5) is 18.9 Å². The van der Waals surface area contributed by atoms with Gasteiger partial charge >= 0.3 is 6.18 Å². The number of aromatic nitrogens is 3. The van der Waals surface area contributed by atoms with E-state index in [-0.39, 0.29) is 29.6 Å². The molecule has 0 bridgehead atoms. The third kappa shape index (κ3) is 3.50. The lowest BCUT2D eigenvalue weighted by Gasteiger charge is -2.46. The van der Waals surface area contributed by atoms with Gasteiger partial charge in [0.25, 0.3) is 5.91 Å². The van der Waals surface area contributed by atoms with E-state index in [0.717, 1.165) is 30.3 Å². The predicted molar refractivity (Wildman–Crippen MR) is 121 cm³/mol. The molecule has 3 aromatic rings. The van der Waals surface area contributed by atoms with Crippen LogP contribution in [0.25, 0.3) is 0 Å². The standard InChI is InChI=1S/C25H26F3N5O/c1-15-10-24(11-15,23-31-30-14-32(23)3)17-5-4-6-18(9-17)33-13-20-19(22(33)34)7-16(12-29-2)8-21(20)25(26,27)28/h4-9,14-15,29H,10-13H2,1-3H3. The van der Waals surface area contributed by atoms with Crippen LogP contribution in [0.1, 0.15) is 58.2 Å². The van der Waals surface area contributed by atoms with Crippen molar-refractivity contribution in [1.29, 1.82) is 0 Å². The van der Waals surface area contributed by atoms with Gasteiger partial charge in [-0.1, -0.05) is 19.1 Å². The second kappa shape index (κ2) is 7.94. The van der Waals surface area contributed by atoms with E-state index < -0.39 is 17.6 Å². The van der Waals surface area contributed by atoms with E-state index in [2.05, 4.69) is 22.4 Å². The summed E-state index contributed by atoms with van der Waals surface area (Å²) < 4.78 is 43.5. The highest BCUT2D eigenvalue weighted by Crippen LogP contribution is 2.52. The van der Waals surface area contributed by atoms with Crippen LogP contribution in [-0.4, -0.2) is 27.7 Å². The topological polar surface area (TPSA) is 63.0 Å². The maximum atomic E-state index is 13.9. The van der Waals surface area contributed by atoms with E-state index in [1.54, 1.807) is 25.5 Å². The lowest BCUT2D eigenvalue weighted by molar-refractivity contribution is -0.138. The monoisotopic (exact) mass is 469 g/mol. The lowest BCUT2D eigenvalue weighted by atomic mass is 9.58. The summed E-state index contributed by atoms with van der Waals surface area (Å²) in [5, 5.41) is 11.3. The van der Waals surface area contributed by atoms with Crippen LogP contribution in [0.3, 0.4) is 0 Å². The van der Waals surface area contributed by atoms with Gasteiger partial charge < -0.3 is 14.8 Å². The van der Waals surface area contributed by atoms with Gasteiger partial charge in [-0.25, -0.2) is 0 Å². The Morgan fingerprint density at radius 1 is 1.21 bits per heavy atom. The Balaban J connectivity index is 1.55. The molecular formula is C25H26F3N5O. The van der Waals surface area contributed by atoms with Crippen LogP contribution in [-0.2, 0) is 31.7 Å². The molecule has 34 heavy (non-hydrogen) atoms. The van der Waals surface area contributed by atoms with Crippen LogP contribution in [0.2, 0.25) is 0 Å². The molecule has 0 saturated heterocycles. The van der Waals surface area contributed by atoms with Crippen molar-refractivity contribution in [1.82, 2.24) is 20.1 Å². The first-order chi connectivity index (χ1) is 16.1. The van der Waals surface area contributed by atoms with E-state index in [0.29, 0.717) is 17.2 Å². The Hall–Kier alpha value is -3.20. The molecule has 1 aliphatic carbocycles. The number of nitrogens with zero attached hydrogens (tertiary/aromatic N) is 4. The highest BCUT2D eigenvalue weighted by molar-refractivity contribution is 6.10. The van der Waals surface area contributed by atoms with Gasteiger partial charge in [0.05, 0.1) is 17.5 Å². The van der Waals surface area contributed by atoms with Crippen molar-refractivity contribution in [2.24, 2.45) is 13.0 Å². The average Bonchev–Trinajstić information content (AvgIpc) is 3.34. The molecule has 1 amide bonds. The van der Waals surface area contributed by atoms with Crippen molar-refractivity contribution >= 4 is 11.6 Å². The van der Waals surface area contributed by atoms with E-state index >= 15 is 0 Å². The fraction of sp³-hybridized carbons (Fsp3) is 0.400. The first-order valence-corrected chi connectivity index (χ1v) is 11.3. The summed E-state index contributed by atoms with van der Waals surface area (Å²) in [5.74, 6) is 0.957. The molecule has 1 fully saturated rings. The van der Waals surface area contributed by atoms with Crippen LogP contribution in [0.15, 0.2) is 42.7 Å². The van der Waals surface area contributed by atoms with Crippen LogP contribution < -0.4 is 10.2 Å². The van der Waals surface area contributed by atoms with E-state index in [4.69, 9.17) is 0 Å². The summed E-state index contributed by atoms with van der Waals surface area (Å²) >= 11 is 0. The molecule has 0 unspecified atom stereocenters. The largest absolute Gasteiger partial charge is 0.416 e. The number of anilines is 1. The van der Waals surface area contributed by atoms with Gasteiger partial charge in [-0.2, -0.15) is 13.2 Å². The molecule has 1 aromatic heterocycles. The molecule has 1 saturated carbocycles. The Kier molecular flexibility index (Phi) is 5.27. The minimum atomic E-state index is -4.54. The maximum Gasteiger partial charge on any atom is 0.416 e. The summed E-state index contributed by atoms with van der Waals surface area (Å²) in [7, 11) is 3.57. The Bertz CT molecular complexity index is 1260. The molecule has 6 nitrogen and oxygen atoms in total. The summed E-state index contributed by atoms with van der Waals surface area (Å²) in [6.45, 7) is 2.32. The van der Waals surface area contributed by atoms with E-state index in [1.807, 2.05) is 29.8 Å². The fourth-order valence-corrected chi connectivity index (χ4v) is 5.60. The van der Waals surface area contributed by atoms with Crippen molar-refractivity contribution in [3.8, 4) is 0 Å². The third-order valence-corrected chi connectivity index (χ3v) is 7.03. The third-order valence-electron chi connectivity index (χ3n) is 7.03. The van der Waals surface area contributed by atoms with Gasteiger partial charge in [-0.15, -0.1) is 10.2 Å². The molecule has 2 heterocycles. The van der Waals surface area contributed by atoms with Crippen LogP contribution in [0.5, 0.6) is 0 Å². The molecular weight excluding hydrogens is 443 g/mol. The van der Waals surface area contributed by atoms with Gasteiger partial charge in [0, 0.05) is 24.8 Å². The molecule has 9 heteroatoms. The second-order valence-electron chi connectivity index (χ2n) is 9.50. The highest BCUT2D eigenvalue weighted by atomic mass is 19.4. The maximum absolute atomic E-state index is 13.9. The van der Waals surface area contributed by atoms with Gasteiger partial charge in [-0.05, 0) is 66.8 Å². The van der Waals surface area contributed by atoms with Crippen molar-refractivity contribution < 1.29 is 18.0 Å². The van der Waals surface area contributed by atoms with E-state index in [9.17, 15) is 18.0 Å². The number of alkyl halides is 3. The minimum absolute atomic E-state index is 0.0306. The molecule has 1 aliphatic heterocycles. The number of rotatable bonds is 5. The van der Waals surface area contributed by atoms with Gasteiger partial charge in [0.2, 0.25) is 0 Å². The van der Waals surface area contributed by atoms with Crippen molar-refractivity contribution in [2.75, 3.05) is 11.9 Å². The first-order valence-electron chi connectivity index (χ1n) is 11.3. The molecule has 5 rings (SSSR count). The number of nitrogens with one attached hydrogen (secondary N) is 1. The number of aryl methyl sites for hydroxylation is 1. The zero-order valence-electron chi connectivity index (χ0n) is 19.3. The summed E-state index contributed by atoms with van der Waals surface area (Å²) in [6.07, 6.45) is -1.08. The number of hydrogen-bond donors (Lipinski definition) is 1. The molecule has 178 valence electrons. The molecule has 1 N–H and O–H groups in total. The molecule has 2 aliphatic rings. The fourth-order valence-electron chi connectivity index (χ4n) is 5.60. The molecule has 2 aromatic carbocycles. The zero-order valence-corrected chi connectivity index (χ0v) is 19.3. The smallest absolute Gasteiger partial charge is 0.320 e. The van der Waals surface area contributed by atoms with Gasteiger partial charge in [-0.3, -0.25) is 4.79 Å². The number of halogens is 3. The van der Waals surface area contributed by atoms with Crippen molar-refractivity contribution in [2.45, 2.75) is 44.4 Å². The lowest BCUT2D eigenvalue weighted by Crippen LogP contribution is -2.43. The normalized spacial score (nSPS) is 22.1. The van der Waals surface area contributed by atoms with Gasteiger partial charge in [0.1, 0.15) is 12.2 Å². The molecule has 0 radical (unpaired) electrons. The molecule has 0 spiro atoms. The summed E-state index contributed by atoms with van der Waals surface area (Å²) in [4.78, 5) is 14.8. The Morgan fingerprint density at radius 2 is 1.97 bits per heavy atom. The van der Waals surface area contributed by atoms with E-state index in [1.165, 1.54) is 4.90 Å². The number of hydrogen-bond acceptors (Lipinski definition) is 4. The highest BCUT2D eigenvalue weighted by Gasteiger charge is 2.48. The quantitative estimate of drug-likeness (QED) is 0.601. The Morgan fingerprint density at radius 3 is 2.59 bits per heavy atom. The first kappa shape index (κ1) is 22.6. The number of fused-ring (bicyclic) bond motifs is 1. The SMILES string of the molecule is CNCc1cc2c(c(C(F)(F)F)c1)CN(c1cccc(C3(c4nncn4C)CC(C)C3)c1)C2=O. The van der Waals surface area contributed by atoms with Gasteiger partial charge in [0.15, 0.2) is 0 Å². The number of carbonyl (C=O) groups is 1. The van der Waals surface area contributed by atoms with Crippen molar-refractivity contribution in [3.05, 3.63) is 76.4 Å². The summed E-state index contributed by atoms with van der Waals surface area (Å²) in [5.41, 5.74) is 1.09. The molecule has 0 atom stereocenters. The van der Waals surface area contributed by atoms with Crippen LogP contribution in [0, 0.1) is 5.92 Å². The zero-order chi connectivity index (χ0) is 24.3. The number of benzene rings is 2. The summed E-state index contributed by atoms with van der Waals surface area (Å²) in [6, 6.07) is 10.3.